The Labute approximate surface area is 95.8 Å². The SMILES string of the molecule is Cc1[c]nc(NCCN2CCOCC2)nc1. The molecule has 2 heterocycles. The quantitative estimate of drug-likeness (QED) is 0.794. The van der Waals surface area contributed by atoms with Crippen molar-refractivity contribution < 1.29 is 4.74 Å². The number of ether oxygens (including phenoxy) is 1. The molecule has 1 aliphatic rings. The number of nitrogens with zero attached hydrogens (tertiary/aromatic N) is 3. The van der Waals surface area contributed by atoms with Crippen molar-refractivity contribution in [1.82, 2.24) is 14.9 Å². The molecule has 0 aromatic carbocycles. The molecule has 0 aliphatic carbocycles. The summed E-state index contributed by atoms with van der Waals surface area (Å²) in [7, 11) is 0. The van der Waals surface area contributed by atoms with Gasteiger partial charge in [0, 0.05) is 32.4 Å². The van der Waals surface area contributed by atoms with Gasteiger partial charge in [0.25, 0.3) is 0 Å². The highest BCUT2D eigenvalue weighted by atomic mass is 16.5. The fourth-order valence-corrected chi connectivity index (χ4v) is 1.59. The minimum absolute atomic E-state index is 0.652. The standard InChI is InChI=1S/C11H17N4O/c1-10-8-13-11(14-9-10)12-2-3-15-4-6-16-7-5-15/h8H,2-7H2,1H3,(H,12,13,14). The summed E-state index contributed by atoms with van der Waals surface area (Å²) in [5.41, 5.74) is 0.957. The second-order valence-electron chi connectivity index (χ2n) is 3.87. The molecule has 1 aromatic heterocycles. The summed E-state index contributed by atoms with van der Waals surface area (Å²) in [6.07, 6.45) is 4.65. The molecule has 16 heavy (non-hydrogen) atoms. The summed E-state index contributed by atoms with van der Waals surface area (Å²) in [6.45, 7) is 7.50. The third kappa shape index (κ3) is 3.43. The van der Waals surface area contributed by atoms with Gasteiger partial charge < -0.3 is 10.1 Å². The summed E-state index contributed by atoms with van der Waals surface area (Å²) in [5, 5.41) is 3.18. The molecule has 5 nitrogen and oxygen atoms in total. The van der Waals surface area contributed by atoms with Crippen molar-refractivity contribution in [2.45, 2.75) is 6.92 Å². The van der Waals surface area contributed by atoms with E-state index in [9.17, 15) is 0 Å². The zero-order chi connectivity index (χ0) is 11.2. The van der Waals surface area contributed by atoms with Gasteiger partial charge in [0.1, 0.15) is 0 Å². The van der Waals surface area contributed by atoms with Crippen LogP contribution < -0.4 is 5.32 Å². The van der Waals surface area contributed by atoms with Gasteiger partial charge in [0.2, 0.25) is 5.95 Å². The molecular formula is C11H17N4O. The zero-order valence-electron chi connectivity index (χ0n) is 9.57. The van der Waals surface area contributed by atoms with Crippen LogP contribution >= 0.6 is 0 Å². The first-order chi connectivity index (χ1) is 7.84. The number of rotatable bonds is 4. The highest BCUT2D eigenvalue weighted by Gasteiger charge is 2.09. The van der Waals surface area contributed by atoms with Gasteiger partial charge in [-0.1, -0.05) is 0 Å². The highest BCUT2D eigenvalue weighted by molar-refractivity contribution is 5.23. The normalized spacial score (nSPS) is 17.3. The van der Waals surface area contributed by atoms with Gasteiger partial charge in [-0.3, -0.25) is 4.90 Å². The molecule has 1 saturated heterocycles. The van der Waals surface area contributed by atoms with Crippen LogP contribution in [0.25, 0.3) is 0 Å². The maximum atomic E-state index is 5.29. The van der Waals surface area contributed by atoms with Gasteiger partial charge in [-0.05, 0) is 12.5 Å². The molecule has 0 spiro atoms. The van der Waals surface area contributed by atoms with Gasteiger partial charge in [-0.2, -0.15) is 0 Å². The molecule has 1 N–H and O–H groups in total. The number of anilines is 1. The molecule has 1 fully saturated rings. The lowest BCUT2D eigenvalue weighted by Gasteiger charge is -2.26. The van der Waals surface area contributed by atoms with Crippen molar-refractivity contribution in [2.24, 2.45) is 0 Å². The van der Waals surface area contributed by atoms with Crippen molar-refractivity contribution in [3.05, 3.63) is 18.0 Å². The Morgan fingerprint density at radius 3 is 3.00 bits per heavy atom. The molecule has 1 radical (unpaired) electrons. The monoisotopic (exact) mass is 221 g/mol. The predicted molar refractivity (Wildman–Crippen MR) is 61.4 cm³/mol. The predicted octanol–water partition coefficient (Wildman–Crippen LogP) is 0.329. The van der Waals surface area contributed by atoms with Crippen molar-refractivity contribution in [3.63, 3.8) is 0 Å². The van der Waals surface area contributed by atoms with Crippen molar-refractivity contribution >= 4 is 5.95 Å². The molecular weight excluding hydrogens is 204 g/mol. The maximum absolute atomic E-state index is 5.29. The van der Waals surface area contributed by atoms with E-state index in [1.54, 1.807) is 6.20 Å². The van der Waals surface area contributed by atoms with Gasteiger partial charge in [-0.25, -0.2) is 9.97 Å². The topological polar surface area (TPSA) is 50.3 Å². The first-order valence-corrected chi connectivity index (χ1v) is 5.60. The Balaban J connectivity index is 1.69. The number of hydrogen-bond donors (Lipinski definition) is 1. The van der Waals surface area contributed by atoms with Crippen LogP contribution in [-0.2, 0) is 4.74 Å². The van der Waals surface area contributed by atoms with Crippen LogP contribution in [0, 0.1) is 13.1 Å². The van der Waals surface area contributed by atoms with E-state index in [1.165, 1.54) is 0 Å². The molecule has 0 atom stereocenters. The van der Waals surface area contributed by atoms with Crippen LogP contribution in [-0.4, -0.2) is 54.3 Å². The summed E-state index contributed by atoms with van der Waals surface area (Å²) < 4.78 is 5.29. The second kappa shape index (κ2) is 5.77. The molecule has 1 aliphatic heterocycles. The lowest BCUT2D eigenvalue weighted by molar-refractivity contribution is 0.0398. The van der Waals surface area contributed by atoms with Gasteiger partial charge in [0.15, 0.2) is 0 Å². The molecule has 0 bridgehead atoms. The Kier molecular flexibility index (Phi) is 4.07. The molecule has 0 saturated carbocycles. The Morgan fingerprint density at radius 2 is 2.31 bits per heavy atom. The molecule has 87 valence electrons. The highest BCUT2D eigenvalue weighted by Crippen LogP contribution is 1.99. The van der Waals surface area contributed by atoms with E-state index in [4.69, 9.17) is 4.74 Å². The fraction of sp³-hybridized carbons (Fsp3) is 0.636. The first-order valence-electron chi connectivity index (χ1n) is 5.60. The smallest absolute Gasteiger partial charge is 0.223 e. The van der Waals surface area contributed by atoms with Crippen molar-refractivity contribution in [2.75, 3.05) is 44.7 Å². The summed E-state index contributed by atoms with van der Waals surface area (Å²) in [4.78, 5) is 10.6. The van der Waals surface area contributed by atoms with Crippen molar-refractivity contribution in [3.8, 4) is 0 Å². The van der Waals surface area contributed by atoms with E-state index < -0.39 is 0 Å². The first kappa shape index (κ1) is 11.3. The second-order valence-corrected chi connectivity index (χ2v) is 3.87. The Hall–Kier alpha value is -1.20. The van der Waals surface area contributed by atoms with Crippen LogP contribution in [0.15, 0.2) is 6.20 Å². The number of aromatic nitrogens is 2. The molecule has 0 unspecified atom stereocenters. The third-order valence-corrected chi connectivity index (χ3v) is 2.53. The third-order valence-electron chi connectivity index (χ3n) is 2.53. The van der Waals surface area contributed by atoms with Crippen LogP contribution in [0.3, 0.4) is 0 Å². The minimum atomic E-state index is 0.652. The van der Waals surface area contributed by atoms with Gasteiger partial charge >= 0.3 is 0 Å². The molecule has 1 aromatic rings. The van der Waals surface area contributed by atoms with Gasteiger partial charge in [0.05, 0.1) is 19.4 Å². The number of nitrogens with one attached hydrogen (secondary N) is 1. The largest absolute Gasteiger partial charge is 0.379 e. The van der Waals surface area contributed by atoms with E-state index in [0.29, 0.717) is 5.95 Å². The van der Waals surface area contributed by atoms with E-state index in [1.807, 2.05) is 6.92 Å². The summed E-state index contributed by atoms with van der Waals surface area (Å²) in [6, 6.07) is 0. The van der Waals surface area contributed by atoms with E-state index in [0.717, 1.165) is 45.0 Å². The Morgan fingerprint density at radius 1 is 1.50 bits per heavy atom. The van der Waals surface area contributed by atoms with Crippen LogP contribution in [0.1, 0.15) is 5.56 Å². The van der Waals surface area contributed by atoms with E-state index >= 15 is 0 Å². The van der Waals surface area contributed by atoms with Crippen molar-refractivity contribution in [1.29, 1.82) is 0 Å². The average Bonchev–Trinajstić information content (AvgIpc) is 2.33. The average molecular weight is 221 g/mol. The number of hydrogen-bond acceptors (Lipinski definition) is 5. The summed E-state index contributed by atoms with van der Waals surface area (Å²) in [5.74, 6) is 0.652. The van der Waals surface area contributed by atoms with Crippen LogP contribution in [0.4, 0.5) is 5.95 Å². The summed E-state index contributed by atoms with van der Waals surface area (Å²) >= 11 is 0. The van der Waals surface area contributed by atoms with Crippen LogP contribution in [0.5, 0.6) is 0 Å². The maximum Gasteiger partial charge on any atom is 0.223 e. The Bertz CT molecular complexity index is 308. The van der Waals surface area contributed by atoms with E-state index in [2.05, 4.69) is 26.4 Å². The molecule has 5 heteroatoms. The van der Waals surface area contributed by atoms with E-state index in [-0.39, 0.29) is 0 Å². The fourth-order valence-electron chi connectivity index (χ4n) is 1.59. The number of morpholine rings is 1. The lowest BCUT2D eigenvalue weighted by atomic mass is 10.4. The number of aryl methyl sites for hydroxylation is 1. The van der Waals surface area contributed by atoms with Gasteiger partial charge in [-0.15, -0.1) is 0 Å². The zero-order valence-corrected chi connectivity index (χ0v) is 9.57. The minimum Gasteiger partial charge on any atom is -0.379 e. The molecule has 2 rings (SSSR count). The van der Waals surface area contributed by atoms with Crippen LogP contribution in [0.2, 0.25) is 0 Å². The lowest BCUT2D eigenvalue weighted by Crippen LogP contribution is -2.39. The molecule has 0 amide bonds.